The Kier molecular flexibility index (Phi) is 8.53. The molecular formula is C36H39N5O4. The lowest BCUT2D eigenvalue weighted by Gasteiger charge is -2.36. The van der Waals surface area contributed by atoms with E-state index in [0.29, 0.717) is 17.7 Å². The van der Waals surface area contributed by atoms with E-state index in [1.807, 2.05) is 87.5 Å². The summed E-state index contributed by atoms with van der Waals surface area (Å²) in [5.41, 5.74) is 2.53. The summed E-state index contributed by atoms with van der Waals surface area (Å²) in [4.78, 5) is 61.0. The molecule has 0 bridgehead atoms. The summed E-state index contributed by atoms with van der Waals surface area (Å²) in [6, 6.07) is 22.5. The molecule has 2 aliphatic heterocycles. The zero-order chi connectivity index (χ0) is 32.5. The maximum atomic E-state index is 14.3. The molecule has 9 nitrogen and oxygen atoms in total. The fourth-order valence-electron chi connectivity index (χ4n) is 6.36. The van der Waals surface area contributed by atoms with E-state index in [1.54, 1.807) is 26.1 Å². The first kappa shape index (κ1) is 31.5. The largest absolute Gasteiger partial charge is 0.341 e. The molecule has 5 rings (SSSR count). The van der Waals surface area contributed by atoms with Crippen LogP contribution in [0, 0.1) is 12.0 Å². The second-order valence-corrected chi connectivity index (χ2v) is 13.2. The normalized spacial score (nSPS) is 20.1. The van der Waals surface area contributed by atoms with Crippen LogP contribution < -0.4 is 10.6 Å². The standard InChI is InChI=1S/C36H39N5O4/c1-23(38-31(42)26-18-16-25(17-19-26)24-12-8-7-9-13-24)32(43)40(6)29(20-35(2,3)4)33(44)41-22-36(21-30(41)37-5)27-14-10-11-15-28(27)39-34(36)45/h7-19,23,29-30H,20-22H2,1-4,6H3,(H,38,42)(H,39,45)/t23-,29-,30-,36-/m0/s1. The van der Waals surface area contributed by atoms with Gasteiger partial charge in [0.05, 0.1) is 6.42 Å². The number of hydrogen-bond donors (Lipinski definition) is 2. The van der Waals surface area contributed by atoms with Gasteiger partial charge in [0.15, 0.2) is 0 Å². The van der Waals surface area contributed by atoms with Gasteiger partial charge in [-0.2, -0.15) is 0 Å². The Bertz CT molecular complexity index is 1660. The van der Waals surface area contributed by atoms with E-state index >= 15 is 0 Å². The van der Waals surface area contributed by atoms with Gasteiger partial charge in [-0.3, -0.25) is 28.9 Å². The van der Waals surface area contributed by atoms with E-state index in [9.17, 15) is 19.2 Å². The number of fused-ring (bicyclic) bond motifs is 2. The number of carbonyl (C=O) groups is 4. The van der Waals surface area contributed by atoms with Gasteiger partial charge in [0.1, 0.15) is 17.5 Å². The van der Waals surface area contributed by atoms with Crippen molar-refractivity contribution in [2.75, 3.05) is 18.9 Å². The van der Waals surface area contributed by atoms with E-state index < -0.39 is 35.5 Å². The molecule has 3 aromatic carbocycles. The van der Waals surface area contributed by atoms with Crippen LogP contribution in [0.25, 0.3) is 16.0 Å². The molecule has 2 aliphatic rings. The number of carbonyl (C=O) groups excluding carboxylic acids is 4. The summed E-state index contributed by atoms with van der Waals surface area (Å²) in [5, 5.41) is 5.70. The fourth-order valence-corrected chi connectivity index (χ4v) is 6.36. The van der Waals surface area contributed by atoms with Crippen LogP contribution in [-0.4, -0.2) is 65.3 Å². The van der Waals surface area contributed by atoms with Crippen molar-refractivity contribution in [2.45, 2.75) is 64.2 Å². The van der Waals surface area contributed by atoms with Gasteiger partial charge >= 0.3 is 6.17 Å². The Morgan fingerprint density at radius 3 is 2.29 bits per heavy atom. The molecule has 1 spiro atoms. The number of para-hydroxylation sites is 1. The highest BCUT2D eigenvalue weighted by Crippen LogP contribution is 2.47. The summed E-state index contributed by atoms with van der Waals surface area (Å²) in [6.07, 6.45) is -0.343. The zero-order valence-electron chi connectivity index (χ0n) is 26.3. The van der Waals surface area contributed by atoms with Gasteiger partial charge in [-0.25, -0.2) is 6.57 Å². The number of benzene rings is 3. The predicted octanol–water partition coefficient (Wildman–Crippen LogP) is 5.10. The van der Waals surface area contributed by atoms with Crippen LogP contribution >= 0.6 is 0 Å². The number of rotatable bonds is 7. The molecule has 2 N–H and O–H groups in total. The summed E-state index contributed by atoms with van der Waals surface area (Å²) < 4.78 is 0. The summed E-state index contributed by atoms with van der Waals surface area (Å²) in [7, 11) is 1.56. The van der Waals surface area contributed by atoms with Crippen LogP contribution in [0.3, 0.4) is 0 Å². The summed E-state index contributed by atoms with van der Waals surface area (Å²) in [5.74, 6) is -1.43. The lowest BCUT2D eigenvalue weighted by atomic mass is 9.80. The maximum absolute atomic E-state index is 14.3. The third-order valence-electron chi connectivity index (χ3n) is 8.77. The first-order chi connectivity index (χ1) is 21.3. The molecule has 0 aromatic heterocycles. The molecule has 0 radical (unpaired) electrons. The Morgan fingerprint density at radius 1 is 1.02 bits per heavy atom. The first-order valence-corrected chi connectivity index (χ1v) is 15.2. The van der Waals surface area contributed by atoms with Crippen molar-refractivity contribution < 1.29 is 19.2 Å². The molecule has 0 saturated carbocycles. The van der Waals surface area contributed by atoms with Crippen LogP contribution in [0.2, 0.25) is 0 Å². The third-order valence-corrected chi connectivity index (χ3v) is 8.77. The third kappa shape index (κ3) is 6.18. The number of likely N-dealkylation sites (N-methyl/N-ethyl adjacent to an activating group) is 1. The molecule has 232 valence electrons. The number of hydrogen-bond acceptors (Lipinski definition) is 4. The van der Waals surface area contributed by atoms with Gasteiger partial charge in [0.2, 0.25) is 11.8 Å². The topological polar surface area (TPSA) is 103 Å². The van der Waals surface area contributed by atoms with Gasteiger partial charge in [0, 0.05) is 24.8 Å². The molecule has 1 fully saturated rings. The molecule has 3 aromatic rings. The summed E-state index contributed by atoms with van der Waals surface area (Å²) >= 11 is 0. The van der Waals surface area contributed by atoms with Gasteiger partial charge < -0.3 is 15.5 Å². The van der Waals surface area contributed by atoms with Gasteiger partial charge in [-0.05, 0) is 53.6 Å². The smallest absolute Gasteiger partial charge is 0.302 e. The van der Waals surface area contributed by atoms with Gasteiger partial charge in [0.25, 0.3) is 11.8 Å². The molecule has 4 atom stereocenters. The molecule has 45 heavy (non-hydrogen) atoms. The molecule has 0 unspecified atom stereocenters. The number of likely N-dealkylation sites (tertiary alicyclic amines) is 1. The molecule has 1 saturated heterocycles. The van der Waals surface area contributed by atoms with Crippen LogP contribution in [0.1, 0.15) is 56.5 Å². The molecule has 4 amide bonds. The minimum Gasteiger partial charge on any atom is -0.341 e. The Hall–Kier alpha value is -4.97. The number of anilines is 1. The van der Waals surface area contributed by atoms with Crippen molar-refractivity contribution in [1.82, 2.24) is 15.1 Å². The quantitative estimate of drug-likeness (QED) is 0.366. The Balaban J connectivity index is 1.33. The fraction of sp³-hybridized carbons (Fsp3) is 0.361. The SMILES string of the molecule is [C-]#[N+][C@@H]1C[C@@]2(CN1C(=O)[C@H](CC(C)(C)C)N(C)C(=O)[C@H](C)NC(=O)c1ccc(-c3ccccc3)cc1)C(=O)Nc1ccccc12. The average molecular weight is 606 g/mol. The van der Waals surface area contributed by atoms with Crippen molar-refractivity contribution in [3.05, 3.63) is 101 Å². The van der Waals surface area contributed by atoms with Crippen molar-refractivity contribution in [2.24, 2.45) is 5.41 Å². The molecule has 2 heterocycles. The van der Waals surface area contributed by atoms with E-state index in [2.05, 4.69) is 15.5 Å². The van der Waals surface area contributed by atoms with Crippen LogP contribution in [0.15, 0.2) is 78.9 Å². The van der Waals surface area contributed by atoms with E-state index in [4.69, 9.17) is 6.57 Å². The Labute approximate surface area is 264 Å². The van der Waals surface area contributed by atoms with E-state index in [-0.39, 0.29) is 30.2 Å². The first-order valence-electron chi connectivity index (χ1n) is 15.2. The number of nitrogens with zero attached hydrogens (tertiary/aromatic N) is 3. The number of amides is 4. The lowest BCUT2D eigenvalue weighted by molar-refractivity contribution is -0.146. The highest BCUT2D eigenvalue weighted by molar-refractivity contribution is 6.07. The highest BCUT2D eigenvalue weighted by Gasteiger charge is 2.59. The monoisotopic (exact) mass is 605 g/mol. The van der Waals surface area contributed by atoms with Crippen LogP contribution in [0.5, 0.6) is 0 Å². The van der Waals surface area contributed by atoms with Crippen LogP contribution in [-0.2, 0) is 19.8 Å². The van der Waals surface area contributed by atoms with Gasteiger partial charge in [-0.1, -0.05) is 81.4 Å². The van der Waals surface area contributed by atoms with Crippen molar-refractivity contribution in [1.29, 1.82) is 0 Å². The second-order valence-electron chi connectivity index (χ2n) is 13.2. The average Bonchev–Trinajstić information content (AvgIpc) is 3.56. The second kappa shape index (κ2) is 12.2. The molecule has 9 heteroatoms. The van der Waals surface area contributed by atoms with Crippen LogP contribution in [0.4, 0.5) is 5.69 Å². The summed E-state index contributed by atoms with van der Waals surface area (Å²) in [6.45, 7) is 15.5. The Morgan fingerprint density at radius 2 is 1.64 bits per heavy atom. The lowest BCUT2D eigenvalue weighted by Crippen LogP contribution is -2.56. The van der Waals surface area contributed by atoms with Crippen molar-refractivity contribution >= 4 is 29.3 Å². The zero-order valence-corrected chi connectivity index (χ0v) is 26.3. The number of nitrogens with one attached hydrogen (secondary N) is 2. The van der Waals surface area contributed by atoms with Crippen molar-refractivity contribution in [3.63, 3.8) is 0 Å². The minimum absolute atomic E-state index is 0.0513. The minimum atomic E-state index is -1.02. The van der Waals surface area contributed by atoms with Crippen molar-refractivity contribution in [3.8, 4) is 11.1 Å². The molecular weight excluding hydrogens is 566 g/mol. The predicted molar refractivity (Wildman–Crippen MR) is 173 cm³/mol. The highest BCUT2D eigenvalue weighted by atomic mass is 16.2. The van der Waals surface area contributed by atoms with E-state index in [0.717, 1.165) is 16.7 Å². The maximum Gasteiger partial charge on any atom is 0.302 e. The molecule has 0 aliphatic carbocycles. The van der Waals surface area contributed by atoms with E-state index in [1.165, 1.54) is 9.80 Å². The van der Waals surface area contributed by atoms with Gasteiger partial charge in [-0.15, -0.1) is 0 Å².